The Morgan fingerprint density at radius 1 is 1.30 bits per heavy atom. The molecule has 0 heterocycles. The van der Waals surface area contributed by atoms with Gasteiger partial charge in [0, 0.05) is 22.4 Å². The van der Waals surface area contributed by atoms with Gasteiger partial charge in [-0.3, -0.25) is 10.1 Å². The number of hydrogen-bond acceptors (Lipinski definition) is 5. The van der Waals surface area contributed by atoms with Gasteiger partial charge in [0.2, 0.25) is 0 Å². The molecule has 2 aromatic carbocycles. The summed E-state index contributed by atoms with van der Waals surface area (Å²) in [6.07, 6.45) is 0. The summed E-state index contributed by atoms with van der Waals surface area (Å²) in [5.74, 6) is 1.07. The number of methoxy groups -OCH3 is 1. The fourth-order valence-corrected chi connectivity index (χ4v) is 2.62. The van der Waals surface area contributed by atoms with E-state index < -0.39 is 4.92 Å². The first-order valence-corrected chi connectivity index (χ1v) is 6.88. The van der Waals surface area contributed by atoms with Crippen LogP contribution in [0.1, 0.15) is 5.56 Å². The monoisotopic (exact) mass is 290 g/mol. The molecule has 0 aliphatic rings. The summed E-state index contributed by atoms with van der Waals surface area (Å²) in [6.45, 7) is 0. The minimum atomic E-state index is -0.423. The molecule has 0 aliphatic carbocycles. The Balaban J connectivity index is 2.19. The number of thioether (sulfide) groups is 1. The molecular formula is C14H14N2O3S. The SMILES string of the molecule is COc1cc(CSc2ccccc2N)cc([N+](=O)[O-])c1. The molecule has 0 aromatic heterocycles. The standard InChI is InChI=1S/C14H14N2O3S/c1-19-12-7-10(6-11(8-12)16(17)18)9-20-14-5-3-2-4-13(14)15/h2-8H,9,15H2,1H3. The topological polar surface area (TPSA) is 78.4 Å². The third kappa shape index (κ3) is 3.42. The predicted molar refractivity (Wildman–Crippen MR) is 80.1 cm³/mol. The minimum absolute atomic E-state index is 0.0287. The van der Waals surface area contributed by atoms with E-state index >= 15 is 0 Å². The third-order valence-corrected chi connectivity index (χ3v) is 3.87. The molecule has 0 saturated heterocycles. The van der Waals surface area contributed by atoms with Gasteiger partial charge in [0.1, 0.15) is 5.75 Å². The molecule has 20 heavy (non-hydrogen) atoms. The summed E-state index contributed by atoms with van der Waals surface area (Å²) < 4.78 is 5.08. The number of rotatable bonds is 5. The molecule has 0 atom stereocenters. The van der Waals surface area contributed by atoms with Crippen molar-refractivity contribution in [3.63, 3.8) is 0 Å². The lowest BCUT2D eigenvalue weighted by atomic mass is 10.2. The number of non-ortho nitro benzene ring substituents is 1. The summed E-state index contributed by atoms with van der Waals surface area (Å²) in [5.41, 5.74) is 7.42. The first-order chi connectivity index (χ1) is 9.60. The van der Waals surface area contributed by atoms with Crippen molar-refractivity contribution in [2.24, 2.45) is 0 Å². The Morgan fingerprint density at radius 3 is 2.70 bits per heavy atom. The number of nitrogen functional groups attached to an aromatic ring is 1. The smallest absolute Gasteiger partial charge is 0.273 e. The highest BCUT2D eigenvalue weighted by atomic mass is 32.2. The van der Waals surface area contributed by atoms with Crippen molar-refractivity contribution in [2.75, 3.05) is 12.8 Å². The molecule has 0 radical (unpaired) electrons. The number of hydrogen-bond donors (Lipinski definition) is 1. The second kappa shape index (κ2) is 6.29. The molecule has 2 rings (SSSR count). The van der Waals surface area contributed by atoms with Gasteiger partial charge in [-0.15, -0.1) is 11.8 Å². The van der Waals surface area contributed by atoms with E-state index in [1.54, 1.807) is 12.1 Å². The van der Waals surface area contributed by atoms with Crippen LogP contribution in [-0.4, -0.2) is 12.0 Å². The molecule has 0 aliphatic heterocycles. The summed E-state index contributed by atoms with van der Waals surface area (Å²) in [7, 11) is 1.49. The van der Waals surface area contributed by atoms with Crippen LogP contribution >= 0.6 is 11.8 Å². The Labute approximate surface area is 120 Å². The van der Waals surface area contributed by atoms with Crippen molar-refractivity contribution >= 4 is 23.1 Å². The highest BCUT2D eigenvalue weighted by Gasteiger charge is 2.10. The van der Waals surface area contributed by atoms with Gasteiger partial charge < -0.3 is 10.5 Å². The second-order valence-electron chi connectivity index (χ2n) is 4.12. The highest BCUT2D eigenvalue weighted by Crippen LogP contribution is 2.30. The van der Waals surface area contributed by atoms with Crippen molar-refractivity contribution in [1.82, 2.24) is 0 Å². The van der Waals surface area contributed by atoms with E-state index in [9.17, 15) is 10.1 Å². The van der Waals surface area contributed by atoms with Gasteiger partial charge in [-0.2, -0.15) is 0 Å². The van der Waals surface area contributed by atoms with Crippen molar-refractivity contribution in [3.8, 4) is 5.75 Å². The normalized spacial score (nSPS) is 10.2. The number of anilines is 1. The number of nitro groups is 1. The maximum absolute atomic E-state index is 10.9. The molecule has 2 aromatic rings. The first-order valence-electron chi connectivity index (χ1n) is 5.90. The molecule has 5 nitrogen and oxygen atoms in total. The zero-order valence-corrected chi connectivity index (χ0v) is 11.7. The molecule has 6 heteroatoms. The largest absolute Gasteiger partial charge is 0.496 e. The average molecular weight is 290 g/mol. The van der Waals surface area contributed by atoms with Gasteiger partial charge in [-0.05, 0) is 23.8 Å². The first kappa shape index (κ1) is 14.2. The molecule has 0 amide bonds. The lowest BCUT2D eigenvalue weighted by Crippen LogP contribution is -1.93. The maximum Gasteiger partial charge on any atom is 0.273 e. The predicted octanol–water partition coefficient (Wildman–Crippen LogP) is 3.48. The number of para-hydroxylation sites is 1. The lowest BCUT2D eigenvalue weighted by Gasteiger charge is -2.07. The third-order valence-electron chi connectivity index (χ3n) is 2.71. The zero-order chi connectivity index (χ0) is 14.5. The van der Waals surface area contributed by atoms with E-state index in [1.807, 2.05) is 24.3 Å². The van der Waals surface area contributed by atoms with Crippen LogP contribution in [0.15, 0.2) is 47.4 Å². The zero-order valence-electron chi connectivity index (χ0n) is 10.9. The van der Waals surface area contributed by atoms with Gasteiger partial charge in [0.25, 0.3) is 5.69 Å². The van der Waals surface area contributed by atoms with E-state index in [2.05, 4.69) is 0 Å². The number of nitro benzene ring substituents is 1. The van der Waals surface area contributed by atoms with E-state index in [0.717, 1.165) is 10.5 Å². The van der Waals surface area contributed by atoms with Gasteiger partial charge in [0.15, 0.2) is 0 Å². The Hall–Kier alpha value is -2.21. The Kier molecular flexibility index (Phi) is 4.47. The van der Waals surface area contributed by atoms with Crippen molar-refractivity contribution in [1.29, 1.82) is 0 Å². The summed E-state index contributed by atoms with van der Waals surface area (Å²) >= 11 is 1.54. The molecule has 0 spiro atoms. The van der Waals surface area contributed by atoms with E-state index in [4.69, 9.17) is 10.5 Å². The quantitative estimate of drug-likeness (QED) is 0.395. The summed E-state index contributed by atoms with van der Waals surface area (Å²) in [4.78, 5) is 11.4. The van der Waals surface area contributed by atoms with Gasteiger partial charge in [-0.25, -0.2) is 0 Å². The van der Waals surface area contributed by atoms with E-state index in [0.29, 0.717) is 17.2 Å². The van der Waals surface area contributed by atoms with Crippen LogP contribution in [0.5, 0.6) is 5.75 Å². The Morgan fingerprint density at radius 2 is 2.05 bits per heavy atom. The van der Waals surface area contributed by atoms with Crippen LogP contribution in [0, 0.1) is 10.1 Å². The van der Waals surface area contributed by atoms with E-state index in [-0.39, 0.29) is 5.69 Å². The van der Waals surface area contributed by atoms with Crippen LogP contribution in [0.4, 0.5) is 11.4 Å². The average Bonchev–Trinajstić information content (AvgIpc) is 2.46. The molecule has 0 bridgehead atoms. The van der Waals surface area contributed by atoms with Crippen LogP contribution < -0.4 is 10.5 Å². The Bertz CT molecular complexity index is 632. The maximum atomic E-state index is 10.9. The fraction of sp³-hybridized carbons (Fsp3) is 0.143. The molecule has 0 unspecified atom stereocenters. The molecule has 104 valence electrons. The minimum Gasteiger partial charge on any atom is -0.496 e. The number of ether oxygens (including phenoxy) is 1. The van der Waals surface area contributed by atoms with Crippen molar-refractivity contribution in [2.45, 2.75) is 10.6 Å². The fourth-order valence-electron chi connectivity index (χ4n) is 1.72. The molecular weight excluding hydrogens is 276 g/mol. The highest BCUT2D eigenvalue weighted by molar-refractivity contribution is 7.98. The van der Waals surface area contributed by atoms with E-state index in [1.165, 1.54) is 24.9 Å². The summed E-state index contributed by atoms with van der Waals surface area (Å²) in [6, 6.07) is 12.3. The van der Waals surface area contributed by atoms with Crippen LogP contribution in [0.25, 0.3) is 0 Å². The molecule has 2 N–H and O–H groups in total. The van der Waals surface area contributed by atoms with Gasteiger partial charge in [0.05, 0.1) is 18.1 Å². The van der Waals surface area contributed by atoms with Crippen LogP contribution in [0.2, 0.25) is 0 Å². The molecule has 0 fully saturated rings. The van der Waals surface area contributed by atoms with Crippen LogP contribution in [0.3, 0.4) is 0 Å². The molecule has 0 saturated carbocycles. The number of benzene rings is 2. The number of nitrogens with zero attached hydrogens (tertiary/aromatic N) is 1. The second-order valence-corrected chi connectivity index (χ2v) is 5.14. The lowest BCUT2D eigenvalue weighted by molar-refractivity contribution is -0.385. The summed E-state index contributed by atoms with van der Waals surface area (Å²) in [5, 5.41) is 10.9. The van der Waals surface area contributed by atoms with Gasteiger partial charge >= 0.3 is 0 Å². The van der Waals surface area contributed by atoms with Crippen LogP contribution in [-0.2, 0) is 5.75 Å². The van der Waals surface area contributed by atoms with Crippen molar-refractivity contribution in [3.05, 3.63) is 58.1 Å². The van der Waals surface area contributed by atoms with Gasteiger partial charge in [-0.1, -0.05) is 12.1 Å². The van der Waals surface area contributed by atoms with Crippen molar-refractivity contribution < 1.29 is 9.66 Å². The number of nitrogens with two attached hydrogens (primary N) is 1.